The quantitative estimate of drug-likeness (QED) is 0.210. The van der Waals surface area contributed by atoms with Crippen LogP contribution in [0.2, 0.25) is 0 Å². The van der Waals surface area contributed by atoms with E-state index in [2.05, 4.69) is 20.7 Å². The molecule has 0 saturated heterocycles. The second-order valence-corrected chi connectivity index (χ2v) is 4.02. The molecule has 1 aromatic heterocycles. The monoisotopic (exact) mass is 240 g/mol. The SMILES string of the molecule is CC(NCCCCC(N)=NO)c1nncn1C. The van der Waals surface area contributed by atoms with Gasteiger partial charge in [-0.3, -0.25) is 0 Å². The molecule has 1 heterocycles. The fourth-order valence-electron chi connectivity index (χ4n) is 1.58. The molecule has 0 saturated carbocycles. The Morgan fingerprint density at radius 1 is 1.65 bits per heavy atom. The van der Waals surface area contributed by atoms with Crippen molar-refractivity contribution in [2.24, 2.45) is 17.9 Å². The molecule has 0 aliphatic rings. The van der Waals surface area contributed by atoms with Gasteiger partial charge in [0.25, 0.3) is 0 Å². The van der Waals surface area contributed by atoms with Crippen LogP contribution in [0.15, 0.2) is 11.5 Å². The summed E-state index contributed by atoms with van der Waals surface area (Å²) in [6.45, 7) is 2.92. The summed E-state index contributed by atoms with van der Waals surface area (Å²) >= 11 is 0. The molecule has 0 spiro atoms. The van der Waals surface area contributed by atoms with Crippen LogP contribution in [0.5, 0.6) is 0 Å². The van der Waals surface area contributed by atoms with Crippen LogP contribution < -0.4 is 11.1 Å². The van der Waals surface area contributed by atoms with Crippen LogP contribution in [0.3, 0.4) is 0 Å². The summed E-state index contributed by atoms with van der Waals surface area (Å²) in [7, 11) is 1.92. The van der Waals surface area contributed by atoms with Crippen molar-refractivity contribution in [1.82, 2.24) is 20.1 Å². The molecule has 1 rings (SSSR count). The van der Waals surface area contributed by atoms with Crippen molar-refractivity contribution >= 4 is 5.84 Å². The first-order valence-electron chi connectivity index (χ1n) is 5.68. The van der Waals surface area contributed by atoms with Crippen molar-refractivity contribution in [3.8, 4) is 0 Å². The van der Waals surface area contributed by atoms with Crippen LogP contribution in [0.1, 0.15) is 38.1 Å². The molecule has 0 radical (unpaired) electrons. The number of nitrogens with two attached hydrogens (primary N) is 1. The molecule has 7 nitrogen and oxygen atoms in total. The zero-order valence-electron chi connectivity index (χ0n) is 10.3. The van der Waals surface area contributed by atoms with Crippen molar-refractivity contribution in [2.45, 2.75) is 32.2 Å². The first kappa shape index (κ1) is 13.4. The van der Waals surface area contributed by atoms with Crippen molar-refractivity contribution < 1.29 is 5.21 Å². The molecular weight excluding hydrogens is 220 g/mol. The largest absolute Gasteiger partial charge is 0.409 e. The zero-order chi connectivity index (χ0) is 12.7. The standard InChI is InChI=1S/C10H20N6O/c1-8(10-14-13-7-16(10)2)12-6-4-3-5-9(11)15-17/h7-8,12,17H,3-6H2,1-2H3,(H2,11,15). The molecule has 7 heteroatoms. The second kappa shape index (κ2) is 6.85. The van der Waals surface area contributed by atoms with Crippen molar-refractivity contribution in [2.75, 3.05) is 6.54 Å². The highest BCUT2D eigenvalue weighted by Crippen LogP contribution is 2.07. The van der Waals surface area contributed by atoms with E-state index in [0.717, 1.165) is 25.2 Å². The summed E-state index contributed by atoms with van der Waals surface area (Å²) in [5, 5.41) is 22.5. The maximum Gasteiger partial charge on any atom is 0.149 e. The Hall–Kier alpha value is -1.63. The fraction of sp³-hybridized carbons (Fsp3) is 0.700. The van der Waals surface area contributed by atoms with Gasteiger partial charge < -0.3 is 20.8 Å². The van der Waals surface area contributed by atoms with Crippen molar-refractivity contribution in [3.63, 3.8) is 0 Å². The first-order valence-corrected chi connectivity index (χ1v) is 5.68. The number of unbranched alkanes of at least 4 members (excludes halogenated alkanes) is 1. The van der Waals surface area contributed by atoms with Gasteiger partial charge in [-0.15, -0.1) is 10.2 Å². The number of hydrogen-bond donors (Lipinski definition) is 3. The van der Waals surface area contributed by atoms with E-state index in [1.165, 1.54) is 0 Å². The number of rotatable bonds is 7. The lowest BCUT2D eigenvalue weighted by Gasteiger charge is -2.12. The van der Waals surface area contributed by atoms with Gasteiger partial charge >= 0.3 is 0 Å². The summed E-state index contributed by atoms with van der Waals surface area (Å²) in [5.74, 6) is 1.20. The predicted molar refractivity (Wildman–Crippen MR) is 64.7 cm³/mol. The minimum absolute atomic E-state index is 0.173. The van der Waals surface area contributed by atoms with E-state index in [4.69, 9.17) is 10.9 Å². The van der Waals surface area contributed by atoms with Gasteiger partial charge in [-0.25, -0.2) is 0 Å². The summed E-state index contributed by atoms with van der Waals surface area (Å²) in [6.07, 6.45) is 4.18. The maximum atomic E-state index is 8.36. The highest BCUT2D eigenvalue weighted by molar-refractivity contribution is 5.79. The van der Waals surface area contributed by atoms with Crippen molar-refractivity contribution in [1.29, 1.82) is 0 Å². The average Bonchev–Trinajstić information content (AvgIpc) is 2.74. The lowest BCUT2D eigenvalue weighted by Crippen LogP contribution is -2.23. The van der Waals surface area contributed by atoms with Crippen LogP contribution >= 0.6 is 0 Å². The van der Waals surface area contributed by atoms with E-state index in [1.807, 2.05) is 18.5 Å². The topological polar surface area (TPSA) is 101 Å². The Labute approximate surface area is 101 Å². The van der Waals surface area contributed by atoms with E-state index in [1.54, 1.807) is 6.33 Å². The predicted octanol–water partition coefficient (Wildman–Crippen LogP) is 0.382. The average molecular weight is 240 g/mol. The Balaban J connectivity index is 2.17. The summed E-state index contributed by atoms with van der Waals surface area (Å²) in [5.41, 5.74) is 5.37. The molecular formula is C10H20N6O. The summed E-state index contributed by atoms with van der Waals surface area (Å²) in [4.78, 5) is 0. The van der Waals surface area contributed by atoms with E-state index in [9.17, 15) is 0 Å². The molecule has 1 aromatic rings. The number of aromatic nitrogens is 3. The maximum absolute atomic E-state index is 8.36. The molecule has 17 heavy (non-hydrogen) atoms. The second-order valence-electron chi connectivity index (χ2n) is 4.02. The summed E-state index contributed by atoms with van der Waals surface area (Å²) in [6, 6.07) is 0.173. The Morgan fingerprint density at radius 2 is 2.41 bits per heavy atom. The number of amidine groups is 1. The van der Waals surface area contributed by atoms with Crippen LogP contribution in [-0.2, 0) is 7.05 Å². The van der Waals surface area contributed by atoms with Gasteiger partial charge in [-0.05, 0) is 26.3 Å². The molecule has 4 N–H and O–H groups in total. The number of oxime groups is 1. The van der Waals surface area contributed by atoms with E-state index in [-0.39, 0.29) is 11.9 Å². The lowest BCUT2D eigenvalue weighted by atomic mass is 10.2. The molecule has 0 aliphatic heterocycles. The third-order valence-corrected chi connectivity index (χ3v) is 2.57. The molecule has 1 unspecified atom stereocenters. The third-order valence-electron chi connectivity index (χ3n) is 2.57. The molecule has 0 fully saturated rings. The van der Waals surface area contributed by atoms with E-state index < -0.39 is 0 Å². The molecule has 0 bridgehead atoms. The van der Waals surface area contributed by atoms with Gasteiger partial charge in [0, 0.05) is 13.5 Å². The molecule has 0 aliphatic carbocycles. The van der Waals surface area contributed by atoms with Gasteiger partial charge in [0.05, 0.1) is 6.04 Å². The lowest BCUT2D eigenvalue weighted by molar-refractivity contribution is 0.316. The smallest absolute Gasteiger partial charge is 0.149 e. The molecule has 0 amide bonds. The van der Waals surface area contributed by atoms with Gasteiger partial charge in [-0.1, -0.05) is 5.16 Å². The zero-order valence-corrected chi connectivity index (χ0v) is 10.3. The first-order chi connectivity index (χ1) is 8.15. The minimum atomic E-state index is 0.173. The molecule has 0 aromatic carbocycles. The van der Waals surface area contributed by atoms with Gasteiger partial charge in [-0.2, -0.15) is 0 Å². The normalized spacial score (nSPS) is 13.9. The number of aryl methyl sites for hydroxylation is 1. The van der Waals surface area contributed by atoms with Crippen LogP contribution in [0.4, 0.5) is 0 Å². The van der Waals surface area contributed by atoms with Crippen LogP contribution in [0.25, 0.3) is 0 Å². The van der Waals surface area contributed by atoms with Crippen LogP contribution in [0, 0.1) is 0 Å². The highest BCUT2D eigenvalue weighted by atomic mass is 16.4. The minimum Gasteiger partial charge on any atom is -0.409 e. The molecule has 96 valence electrons. The van der Waals surface area contributed by atoms with Gasteiger partial charge in [0.2, 0.25) is 0 Å². The Kier molecular flexibility index (Phi) is 5.41. The van der Waals surface area contributed by atoms with E-state index >= 15 is 0 Å². The fourth-order valence-corrected chi connectivity index (χ4v) is 1.58. The highest BCUT2D eigenvalue weighted by Gasteiger charge is 2.09. The Bertz CT molecular complexity index is 361. The van der Waals surface area contributed by atoms with Crippen LogP contribution in [-0.4, -0.2) is 32.4 Å². The van der Waals surface area contributed by atoms with Gasteiger partial charge in [0.15, 0.2) is 0 Å². The number of hydrogen-bond acceptors (Lipinski definition) is 5. The van der Waals surface area contributed by atoms with Crippen molar-refractivity contribution in [3.05, 3.63) is 12.2 Å². The van der Waals surface area contributed by atoms with E-state index in [0.29, 0.717) is 6.42 Å². The third kappa shape index (κ3) is 4.39. The number of nitrogens with one attached hydrogen (secondary N) is 1. The molecule has 1 atom stereocenters. The van der Waals surface area contributed by atoms with Gasteiger partial charge in [0.1, 0.15) is 18.0 Å². The Morgan fingerprint density at radius 3 is 3.00 bits per heavy atom. The number of nitrogens with zero attached hydrogens (tertiary/aromatic N) is 4. The summed E-state index contributed by atoms with van der Waals surface area (Å²) < 4.78 is 1.90.